The minimum absolute atomic E-state index is 0.345. The van der Waals surface area contributed by atoms with Gasteiger partial charge in [0.1, 0.15) is 12.4 Å². The molecule has 2 aromatic carbocycles. The second-order valence-corrected chi connectivity index (χ2v) is 7.70. The van der Waals surface area contributed by atoms with Crippen molar-refractivity contribution >= 4 is 35.0 Å². The number of thioether (sulfide) groups is 1. The van der Waals surface area contributed by atoms with Crippen LogP contribution in [0.3, 0.4) is 0 Å². The van der Waals surface area contributed by atoms with Crippen molar-refractivity contribution in [3.05, 3.63) is 82.1 Å². The fourth-order valence-corrected chi connectivity index (χ4v) is 3.71. The van der Waals surface area contributed by atoms with E-state index in [2.05, 4.69) is 16.8 Å². The number of nitrogens with zero attached hydrogens (tertiary/aromatic N) is 3. The van der Waals surface area contributed by atoms with Crippen LogP contribution in [-0.4, -0.2) is 14.8 Å². The van der Waals surface area contributed by atoms with Crippen LogP contribution in [0.15, 0.2) is 60.3 Å². The number of hydrogen-bond donors (Lipinski definition) is 0. The van der Waals surface area contributed by atoms with E-state index in [0.29, 0.717) is 28.9 Å². The van der Waals surface area contributed by atoms with Crippen molar-refractivity contribution in [2.45, 2.75) is 31.0 Å². The maximum Gasteiger partial charge on any atom is 0.191 e. The van der Waals surface area contributed by atoms with Crippen LogP contribution < -0.4 is 4.74 Å². The second-order valence-electron chi connectivity index (χ2n) is 5.94. The summed E-state index contributed by atoms with van der Waals surface area (Å²) in [4.78, 5) is 0. The molecule has 1 aromatic heterocycles. The van der Waals surface area contributed by atoms with E-state index in [9.17, 15) is 0 Å². The molecule has 0 aliphatic carbocycles. The number of halogens is 2. The van der Waals surface area contributed by atoms with Crippen LogP contribution in [0.1, 0.15) is 17.0 Å². The van der Waals surface area contributed by atoms with E-state index in [-0.39, 0.29) is 0 Å². The number of ether oxygens (including phenoxy) is 1. The summed E-state index contributed by atoms with van der Waals surface area (Å²) >= 11 is 13.6. The van der Waals surface area contributed by atoms with Crippen LogP contribution in [0.5, 0.6) is 5.75 Å². The smallest absolute Gasteiger partial charge is 0.191 e. The molecule has 0 radical (unpaired) electrons. The number of rotatable bonds is 8. The normalized spacial score (nSPS) is 10.8. The number of allylic oxidation sites excluding steroid dienone is 1. The molecule has 0 aliphatic rings. The Kier molecular flexibility index (Phi) is 6.83. The highest BCUT2D eigenvalue weighted by atomic mass is 35.5. The summed E-state index contributed by atoms with van der Waals surface area (Å²) in [6.45, 7) is 6.82. The van der Waals surface area contributed by atoms with Crippen LogP contribution in [0, 0.1) is 6.92 Å². The number of benzene rings is 2. The Morgan fingerprint density at radius 2 is 2.00 bits per heavy atom. The molecule has 0 saturated carbocycles. The molecule has 0 amide bonds. The van der Waals surface area contributed by atoms with Gasteiger partial charge in [0.15, 0.2) is 11.0 Å². The Morgan fingerprint density at radius 1 is 1.15 bits per heavy atom. The highest BCUT2D eigenvalue weighted by Crippen LogP contribution is 2.27. The quantitative estimate of drug-likeness (QED) is 0.334. The zero-order valence-corrected chi connectivity index (χ0v) is 17.2. The molecule has 0 bridgehead atoms. The van der Waals surface area contributed by atoms with E-state index in [0.717, 1.165) is 27.9 Å². The van der Waals surface area contributed by atoms with Gasteiger partial charge in [0.2, 0.25) is 0 Å². The van der Waals surface area contributed by atoms with Crippen LogP contribution in [0.4, 0.5) is 0 Å². The molecule has 0 aliphatic heterocycles. The van der Waals surface area contributed by atoms with Gasteiger partial charge < -0.3 is 4.74 Å². The first-order chi connectivity index (χ1) is 13.1. The molecule has 0 atom stereocenters. The van der Waals surface area contributed by atoms with Crippen molar-refractivity contribution in [3.63, 3.8) is 0 Å². The molecule has 4 nitrogen and oxygen atoms in total. The van der Waals surface area contributed by atoms with Gasteiger partial charge in [-0.05, 0) is 42.3 Å². The molecule has 0 N–H and O–H groups in total. The standard InChI is InChI=1S/C20H19Cl2N3OS/c1-3-9-25-19(12-26-16-6-4-5-14(2)10-16)23-24-20(25)27-13-15-7-8-17(21)18(22)11-15/h3-8,10-11H,1,9,12-13H2,2H3. The maximum absolute atomic E-state index is 6.09. The third kappa shape index (κ3) is 5.28. The van der Waals surface area contributed by atoms with Crippen LogP contribution in [0.25, 0.3) is 0 Å². The second kappa shape index (κ2) is 9.31. The molecule has 27 heavy (non-hydrogen) atoms. The van der Waals surface area contributed by atoms with E-state index in [4.69, 9.17) is 27.9 Å². The average Bonchev–Trinajstić information content (AvgIpc) is 3.03. The van der Waals surface area contributed by atoms with Crippen molar-refractivity contribution in [1.82, 2.24) is 14.8 Å². The first kappa shape index (κ1) is 19.8. The van der Waals surface area contributed by atoms with Gasteiger partial charge in [-0.1, -0.05) is 59.2 Å². The molecule has 140 valence electrons. The van der Waals surface area contributed by atoms with Crippen molar-refractivity contribution < 1.29 is 4.74 Å². The van der Waals surface area contributed by atoms with Gasteiger partial charge in [-0.3, -0.25) is 4.57 Å². The highest BCUT2D eigenvalue weighted by Gasteiger charge is 2.13. The fourth-order valence-electron chi connectivity index (χ4n) is 2.48. The summed E-state index contributed by atoms with van der Waals surface area (Å²) in [7, 11) is 0. The van der Waals surface area contributed by atoms with Gasteiger partial charge in [0.25, 0.3) is 0 Å². The third-order valence-corrected chi connectivity index (χ3v) is 5.59. The average molecular weight is 420 g/mol. The molecule has 3 rings (SSSR count). The van der Waals surface area contributed by atoms with E-state index >= 15 is 0 Å². The summed E-state index contributed by atoms with van der Waals surface area (Å²) in [6.07, 6.45) is 1.82. The molecule has 0 spiro atoms. The van der Waals surface area contributed by atoms with Gasteiger partial charge in [-0.15, -0.1) is 16.8 Å². The highest BCUT2D eigenvalue weighted by molar-refractivity contribution is 7.98. The molecule has 1 heterocycles. The zero-order valence-electron chi connectivity index (χ0n) is 14.9. The molecule has 3 aromatic rings. The van der Waals surface area contributed by atoms with Crippen molar-refractivity contribution in [3.8, 4) is 5.75 Å². The Bertz CT molecular complexity index is 943. The van der Waals surface area contributed by atoms with E-state index in [1.807, 2.05) is 54.0 Å². The minimum atomic E-state index is 0.345. The lowest BCUT2D eigenvalue weighted by Crippen LogP contribution is -2.07. The van der Waals surface area contributed by atoms with Crippen molar-refractivity contribution in [2.24, 2.45) is 0 Å². The van der Waals surface area contributed by atoms with Crippen molar-refractivity contribution in [1.29, 1.82) is 0 Å². The van der Waals surface area contributed by atoms with Gasteiger partial charge in [-0.25, -0.2) is 0 Å². The lowest BCUT2D eigenvalue weighted by atomic mass is 10.2. The lowest BCUT2D eigenvalue weighted by molar-refractivity contribution is 0.289. The molecule has 0 unspecified atom stereocenters. The van der Waals surface area contributed by atoms with Crippen LogP contribution >= 0.6 is 35.0 Å². The Balaban J connectivity index is 1.70. The van der Waals surface area contributed by atoms with Gasteiger partial charge in [-0.2, -0.15) is 0 Å². The number of aromatic nitrogens is 3. The number of hydrogen-bond acceptors (Lipinski definition) is 4. The summed E-state index contributed by atoms with van der Waals surface area (Å²) in [5.41, 5.74) is 2.22. The summed E-state index contributed by atoms with van der Waals surface area (Å²) < 4.78 is 7.87. The minimum Gasteiger partial charge on any atom is -0.486 e. The molecule has 7 heteroatoms. The SMILES string of the molecule is C=CCn1c(COc2cccc(C)c2)nnc1SCc1ccc(Cl)c(Cl)c1. The Morgan fingerprint density at radius 3 is 2.74 bits per heavy atom. The predicted octanol–water partition coefficient (Wildman–Crippen LogP) is 5.95. The molecular formula is C20H19Cl2N3OS. The third-order valence-electron chi connectivity index (χ3n) is 3.81. The summed E-state index contributed by atoms with van der Waals surface area (Å²) in [5, 5.41) is 10.5. The molecule has 0 fully saturated rings. The van der Waals surface area contributed by atoms with Crippen LogP contribution in [0.2, 0.25) is 10.0 Å². The predicted molar refractivity (Wildman–Crippen MR) is 112 cm³/mol. The zero-order chi connectivity index (χ0) is 19.2. The first-order valence-electron chi connectivity index (χ1n) is 8.36. The Labute approximate surface area is 173 Å². The van der Waals surface area contributed by atoms with Gasteiger partial charge in [0, 0.05) is 12.3 Å². The molecule has 0 saturated heterocycles. The monoisotopic (exact) mass is 419 g/mol. The Hall–Kier alpha value is -1.95. The fraction of sp³-hybridized carbons (Fsp3) is 0.200. The number of aryl methyl sites for hydroxylation is 1. The van der Waals surface area contributed by atoms with Crippen molar-refractivity contribution in [2.75, 3.05) is 0 Å². The van der Waals surface area contributed by atoms with Crippen LogP contribution in [-0.2, 0) is 18.9 Å². The summed E-state index contributed by atoms with van der Waals surface area (Å²) in [5.74, 6) is 2.28. The van der Waals surface area contributed by atoms with Gasteiger partial charge >= 0.3 is 0 Å². The van der Waals surface area contributed by atoms with E-state index < -0.39 is 0 Å². The van der Waals surface area contributed by atoms with E-state index in [1.54, 1.807) is 17.8 Å². The lowest BCUT2D eigenvalue weighted by Gasteiger charge is -2.10. The van der Waals surface area contributed by atoms with E-state index in [1.165, 1.54) is 0 Å². The topological polar surface area (TPSA) is 39.9 Å². The largest absolute Gasteiger partial charge is 0.486 e. The maximum atomic E-state index is 6.09. The summed E-state index contributed by atoms with van der Waals surface area (Å²) in [6, 6.07) is 13.6. The molecular weight excluding hydrogens is 401 g/mol. The van der Waals surface area contributed by atoms with Gasteiger partial charge in [0.05, 0.1) is 10.0 Å². The first-order valence-corrected chi connectivity index (χ1v) is 10.1.